The van der Waals surface area contributed by atoms with Crippen molar-refractivity contribution in [1.29, 1.82) is 0 Å². The van der Waals surface area contributed by atoms with E-state index in [2.05, 4.69) is 6.58 Å². The van der Waals surface area contributed by atoms with Gasteiger partial charge in [0, 0.05) is 5.56 Å². The van der Waals surface area contributed by atoms with Crippen molar-refractivity contribution in [2.75, 3.05) is 0 Å². The van der Waals surface area contributed by atoms with Gasteiger partial charge in [0.25, 0.3) is 0 Å². The monoisotopic (exact) mass is 182 g/mol. The summed E-state index contributed by atoms with van der Waals surface area (Å²) in [6.45, 7) is 7.46. The van der Waals surface area contributed by atoms with E-state index in [1.807, 2.05) is 13.8 Å². The van der Waals surface area contributed by atoms with Crippen LogP contribution in [-0.4, -0.2) is 5.11 Å². The molecule has 64 valence electrons. The van der Waals surface area contributed by atoms with Crippen molar-refractivity contribution in [3.05, 3.63) is 34.9 Å². The smallest absolute Gasteiger partial charge is 0.124 e. The van der Waals surface area contributed by atoms with Crippen LogP contribution in [0, 0.1) is 6.92 Å². The Kier molecular flexibility index (Phi) is 2.43. The van der Waals surface area contributed by atoms with Gasteiger partial charge in [0.1, 0.15) is 5.75 Å². The molecule has 0 amide bonds. The summed E-state index contributed by atoms with van der Waals surface area (Å²) in [6.07, 6.45) is 0. The summed E-state index contributed by atoms with van der Waals surface area (Å²) in [5, 5.41) is 10.0. The quantitative estimate of drug-likeness (QED) is 0.706. The van der Waals surface area contributed by atoms with Crippen molar-refractivity contribution < 1.29 is 5.11 Å². The Morgan fingerprint density at radius 2 is 2.08 bits per heavy atom. The van der Waals surface area contributed by atoms with E-state index in [9.17, 15) is 5.11 Å². The first-order valence-electron chi connectivity index (χ1n) is 3.68. The molecule has 0 aromatic heterocycles. The Bertz CT molecular complexity index is 329. The van der Waals surface area contributed by atoms with E-state index in [1.54, 1.807) is 12.1 Å². The number of hydrogen-bond donors (Lipinski definition) is 1. The highest BCUT2D eigenvalue weighted by Gasteiger charge is 2.08. The lowest BCUT2D eigenvalue weighted by Gasteiger charge is -2.08. The molecule has 1 rings (SSSR count). The summed E-state index contributed by atoms with van der Waals surface area (Å²) in [4.78, 5) is 0. The van der Waals surface area contributed by atoms with Crippen LogP contribution in [0.5, 0.6) is 5.75 Å². The first-order valence-corrected chi connectivity index (χ1v) is 4.05. The zero-order chi connectivity index (χ0) is 9.30. The highest BCUT2D eigenvalue weighted by Crippen LogP contribution is 2.33. The SMILES string of the molecule is C=C(C)c1c(O)ccc(C)c1Cl. The molecule has 12 heavy (non-hydrogen) atoms. The molecular formula is C10H11ClO. The Hall–Kier alpha value is -0.950. The minimum Gasteiger partial charge on any atom is -0.507 e. The van der Waals surface area contributed by atoms with E-state index in [0.29, 0.717) is 10.6 Å². The van der Waals surface area contributed by atoms with Gasteiger partial charge in [-0.3, -0.25) is 0 Å². The zero-order valence-corrected chi connectivity index (χ0v) is 7.94. The van der Waals surface area contributed by atoms with Crippen LogP contribution >= 0.6 is 11.6 Å². The van der Waals surface area contributed by atoms with Crippen LogP contribution in [0.25, 0.3) is 5.57 Å². The molecule has 1 N–H and O–H groups in total. The van der Waals surface area contributed by atoms with Crippen LogP contribution in [0.4, 0.5) is 0 Å². The van der Waals surface area contributed by atoms with Gasteiger partial charge in [-0.25, -0.2) is 0 Å². The molecule has 1 aromatic carbocycles. The number of allylic oxidation sites excluding steroid dienone is 1. The van der Waals surface area contributed by atoms with Crippen LogP contribution in [0.15, 0.2) is 18.7 Å². The number of benzene rings is 1. The van der Waals surface area contributed by atoms with E-state index in [0.717, 1.165) is 11.1 Å². The molecule has 0 saturated heterocycles. The Labute approximate surface area is 77.3 Å². The van der Waals surface area contributed by atoms with Gasteiger partial charge < -0.3 is 5.11 Å². The van der Waals surface area contributed by atoms with Crippen LogP contribution in [-0.2, 0) is 0 Å². The summed E-state index contributed by atoms with van der Waals surface area (Å²) in [5.74, 6) is 0.193. The predicted molar refractivity (Wildman–Crippen MR) is 52.6 cm³/mol. The lowest BCUT2D eigenvalue weighted by atomic mass is 10.1. The summed E-state index contributed by atoms with van der Waals surface area (Å²) in [7, 11) is 0. The maximum absolute atomic E-state index is 9.44. The fraction of sp³-hybridized carbons (Fsp3) is 0.200. The fourth-order valence-electron chi connectivity index (χ4n) is 1.08. The summed E-state index contributed by atoms with van der Waals surface area (Å²) < 4.78 is 0. The van der Waals surface area contributed by atoms with Crippen LogP contribution < -0.4 is 0 Å². The molecule has 0 bridgehead atoms. The number of phenolic OH excluding ortho intramolecular Hbond substituents is 1. The molecule has 0 saturated carbocycles. The number of rotatable bonds is 1. The van der Waals surface area contributed by atoms with Crippen molar-refractivity contribution in [3.8, 4) is 5.75 Å². The third kappa shape index (κ3) is 1.46. The number of hydrogen-bond acceptors (Lipinski definition) is 1. The van der Waals surface area contributed by atoms with E-state index in [4.69, 9.17) is 11.6 Å². The average molecular weight is 183 g/mol. The van der Waals surface area contributed by atoms with Gasteiger partial charge in [0.05, 0.1) is 5.02 Å². The maximum atomic E-state index is 9.44. The Balaban J connectivity index is 3.43. The van der Waals surface area contributed by atoms with Gasteiger partial charge in [0.15, 0.2) is 0 Å². The molecule has 0 atom stereocenters. The summed E-state index contributed by atoms with van der Waals surface area (Å²) in [6, 6.07) is 3.41. The van der Waals surface area contributed by atoms with Crippen LogP contribution in [0.3, 0.4) is 0 Å². The number of aryl methyl sites for hydroxylation is 1. The molecule has 0 aliphatic carbocycles. The Morgan fingerprint density at radius 1 is 1.50 bits per heavy atom. The first kappa shape index (κ1) is 9.14. The molecular weight excluding hydrogens is 172 g/mol. The third-order valence-electron chi connectivity index (χ3n) is 1.74. The topological polar surface area (TPSA) is 20.2 Å². The van der Waals surface area contributed by atoms with Gasteiger partial charge >= 0.3 is 0 Å². The zero-order valence-electron chi connectivity index (χ0n) is 7.19. The number of halogens is 1. The predicted octanol–water partition coefficient (Wildman–Crippen LogP) is 3.39. The second-order valence-electron chi connectivity index (χ2n) is 2.87. The van der Waals surface area contributed by atoms with Gasteiger partial charge in [-0.2, -0.15) is 0 Å². The van der Waals surface area contributed by atoms with Crippen LogP contribution in [0.1, 0.15) is 18.1 Å². The Morgan fingerprint density at radius 3 is 2.50 bits per heavy atom. The lowest BCUT2D eigenvalue weighted by Crippen LogP contribution is -1.85. The van der Waals surface area contributed by atoms with Crippen molar-refractivity contribution in [1.82, 2.24) is 0 Å². The average Bonchev–Trinajstić information content (AvgIpc) is 1.97. The standard InChI is InChI=1S/C10H11ClO/c1-6(2)9-8(12)5-4-7(3)10(9)11/h4-5,12H,1H2,2-3H3. The van der Waals surface area contributed by atoms with Crippen molar-refractivity contribution in [3.63, 3.8) is 0 Å². The maximum Gasteiger partial charge on any atom is 0.124 e. The molecule has 1 nitrogen and oxygen atoms in total. The molecule has 1 aromatic rings. The lowest BCUT2D eigenvalue weighted by molar-refractivity contribution is 0.473. The van der Waals surface area contributed by atoms with Crippen LogP contribution in [0.2, 0.25) is 5.02 Å². The molecule has 0 fully saturated rings. The second-order valence-corrected chi connectivity index (χ2v) is 3.25. The molecule has 0 radical (unpaired) electrons. The fourth-order valence-corrected chi connectivity index (χ4v) is 1.40. The summed E-state index contributed by atoms with van der Waals surface area (Å²) in [5.41, 5.74) is 2.38. The van der Waals surface area contributed by atoms with E-state index in [1.165, 1.54) is 0 Å². The minimum absolute atomic E-state index is 0.193. The summed E-state index contributed by atoms with van der Waals surface area (Å²) >= 11 is 5.97. The van der Waals surface area contributed by atoms with Crippen molar-refractivity contribution >= 4 is 17.2 Å². The molecule has 0 aliphatic heterocycles. The number of aromatic hydroxyl groups is 1. The molecule has 0 aliphatic rings. The largest absolute Gasteiger partial charge is 0.507 e. The van der Waals surface area contributed by atoms with Gasteiger partial charge in [0.2, 0.25) is 0 Å². The van der Waals surface area contributed by atoms with E-state index in [-0.39, 0.29) is 5.75 Å². The number of phenols is 1. The van der Waals surface area contributed by atoms with Gasteiger partial charge in [-0.15, -0.1) is 0 Å². The molecule has 0 spiro atoms. The first-order chi connectivity index (χ1) is 5.54. The van der Waals surface area contributed by atoms with Gasteiger partial charge in [-0.05, 0) is 31.1 Å². The van der Waals surface area contributed by atoms with E-state index >= 15 is 0 Å². The molecule has 2 heteroatoms. The van der Waals surface area contributed by atoms with Gasteiger partial charge in [-0.1, -0.05) is 24.2 Å². The molecule has 0 unspecified atom stereocenters. The second kappa shape index (κ2) is 3.20. The highest BCUT2D eigenvalue weighted by atomic mass is 35.5. The third-order valence-corrected chi connectivity index (χ3v) is 2.23. The van der Waals surface area contributed by atoms with Crippen molar-refractivity contribution in [2.24, 2.45) is 0 Å². The molecule has 0 heterocycles. The normalized spacial score (nSPS) is 9.92. The van der Waals surface area contributed by atoms with Crippen molar-refractivity contribution in [2.45, 2.75) is 13.8 Å². The van der Waals surface area contributed by atoms with E-state index < -0.39 is 0 Å². The highest BCUT2D eigenvalue weighted by molar-refractivity contribution is 6.33. The minimum atomic E-state index is 0.193.